The molecular weight excluding hydrogens is 276 g/mol. The van der Waals surface area contributed by atoms with Crippen molar-refractivity contribution in [1.29, 1.82) is 0 Å². The Morgan fingerprint density at radius 2 is 2.00 bits per heavy atom. The molecule has 2 fully saturated rings. The van der Waals surface area contributed by atoms with Crippen molar-refractivity contribution in [3.63, 3.8) is 0 Å². The van der Waals surface area contributed by atoms with Gasteiger partial charge < -0.3 is 20.1 Å². The van der Waals surface area contributed by atoms with E-state index in [1.54, 1.807) is 20.8 Å². The van der Waals surface area contributed by atoms with Gasteiger partial charge in [0.25, 0.3) is 0 Å². The summed E-state index contributed by atoms with van der Waals surface area (Å²) in [4.78, 5) is 22.7. The van der Waals surface area contributed by atoms with Gasteiger partial charge in [0, 0.05) is 12.5 Å². The maximum Gasteiger partial charge on any atom is 0.328 e. The van der Waals surface area contributed by atoms with Crippen LogP contribution in [0.1, 0.15) is 33.6 Å². The molecule has 6 nitrogen and oxygen atoms in total. The zero-order valence-electron chi connectivity index (χ0n) is 12.3. The third-order valence-corrected chi connectivity index (χ3v) is 4.62. The van der Waals surface area contributed by atoms with E-state index in [9.17, 15) is 19.8 Å². The highest BCUT2D eigenvalue weighted by Gasteiger charge is 2.72. The van der Waals surface area contributed by atoms with Crippen molar-refractivity contribution in [3.05, 3.63) is 23.8 Å². The molecule has 3 N–H and O–H groups in total. The first kappa shape index (κ1) is 15.7. The minimum absolute atomic E-state index is 0.101. The number of ether oxygens (including phenoxy) is 1. The van der Waals surface area contributed by atoms with Gasteiger partial charge in [-0.1, -0.05) is 6.08 Å². The molecule has 2 bridgehead atoms. The quantitative estimate of drug-likeness (QED) is 0.404. The number of carbonyl (C=O) groups is 2. The lowest BCUT2D eigenvalue weighted by atomic mass is 9.59. The SMILES string of the molecule is CC(=C/C(=O)O)/C=C/[C@]1(O)[C@@]2(C)C[C@H](O)C[C@]1(C)OC2=O. The van der Waals surface area contributed by atoms with Crippen molar-refractivity contribution in [2.75, 3.05) is 0 Å². The molecule has 116 valence electrons. The van der Waals surface area contributed by atoms with Crippen LogP contribution in [0, 0.1) is 5.41 Å². The summed E-state index contributed by atoms with van der Waals surface area (Å²) in [5.74, 6) is -1.63. The van der Waals surface area contributed by atoms with E-state index < -0.39 is 34.7 Å². The number of carboxylic acid groups (broad SMARTS) is 1. The fraction of sp³-hybridized carbons (Fsp3) is 0.600. The average molecular weight is 296 g/mol. The number of allylic oxidation sites excluding steroid dienone is 2. The Bertz CT molecular complexity index is 550. The molecule has 4 atom stereocenters. The number of hydrogen-bond donors (Lipinski definition) is 3. The monoisotopic (exact) mass is 296 g/mol. The van der Waals surface area contributed by atoms with E-state index in [1.807, 2.05) is 0 Å². The topological polar surface area (TPSA) is 104 Å². The lowest BCUT2D eigenvalue weighted by Gasteiger charge is -2.47. The third kappa shape index (κ3) is 2.18. The van der Waals surface area contributed by atoms with E-state index in [2.05, 4.69) is 0 Å². The molecule has 0 radical (unpaired) electrons. The van der Waals surface area contributed by atoms with Crippen molar-refractivity contribution in [2.45, 2.75) is 50.9 Å². The Balaban J connectivity index is 2.43. The highest BCUT2D eigenvalue weighted by molar-refractivity contribution is 5.84. The fourth-order valence-corrected chi connectivity index (χ4v) is 3.42. The van der Waals surface area contributed by atoms with E-state index >= 15 is 0 Å². The van der Waals surface area contributed by atoms with Crippen LogP contribution in [0.4, 0.5) is 0 Å². The normalized spacial score (nSPS) is 43.2. The first-order valence-corrected chi connectivity index (χ1v) is 6.78. The molecule has 2 rings (SSSR count). The summed E-state index contributed by atoms with van der Waals surface area (Å²) in [5, 5.41) is 29.6. The Labute approximate surface area is 122 Å². The molecule has 1 heterocycles. The summed E-state index contributed by atoms with van der Waals surface area (Å²) in [6.45, 7) is 4.73. The van der Waals surface area contributed by atoms with Crippen LogP contribution in [-0.4, -0.2) is 44.6 Å². The molecule has 0 aromatic heterocycles. The predicted molar refractivity (Wildman–Crippen MR) is 73.3 cm³/mol. The number of aliphatic carboxylic acids is 1. The van der Waals surface area contributed by atoms with Crippen molar-refractivity contribution >= 4 is 11.9 Å². The van der Waals surface area contributed by atoms with Crippen molar-refractivity contribution in [1.82, 2.24) is 0 Å². The summed E-state index contributed by atoms with van der Waals surface area (Å²) >= 11 is 0. The van der Waals surface area contributed by atoms with Crippen LogP contribution in [0.3, 0.4) is 0 Å². The zero-order valence-corrected chi connectivity index (χ0v) is 12.3. The fourth-order valence-electron chi connectivity index (χ4n) is 3.42. The smallest absolute Gasteiger partial charge is 0.328 e. The first-order chi connectivity index (χ1) is 9.54. The van der Waals surface area contributed by atoms with Crippen LogP contribution in [0.25, 0.3) is 0 Å². The van der Waals surface area contributed by atoms with Crippen LogP contribution in [0.2, 0.25) is 0 Å². The average Bonchev–Trinajstić information content (AvgIpc) is 2.41. The second-order valence-electron chi connectivity index (χ2n) is 6.34. The highest BCUT2D eigenvalue weighted by atomic mass is 16.6. The van der Waals surface area contributed by atoms with Crippen LogP contribution < -0.4 is 0 Å². The van der Waals surface area contributed by atoms with E-state index in [0.717, 1.165) is 6.08 Å². The van der Waals surface area contributed by atoms with Gasteiger partial charge in [-0.15, -0.1) is 0 Å². The summed E-state index contributed by atoms with van der Waals surface area (Å²) in [6.07, 6.45) is 3.40. The van der Waals surface area contributed by atoms with Crippen molar-refractivity contribution < 1.29 is 29.6 Å². The second-order valence-corrected chi connectivity index (χ2v) is 6.34. The number of aliphatic hydroxyl groups excluding tert-OH is 1. The van der Waals surface area contributed by atoms with Crippen molar-refractivity contribution in [3.8, 4) is 0 Å². The van der Waals surface area contributed by atoms with Gasteiger partial charge in [-0.25, -0.2) is 4.79 Å². The van der Waals surface area contributed by atoms with E-state index in [-0.39, 0.29) is 12.8 Å². The van der Waals surface area contributed by atoms with Crippen LogP contribution in [-0.2, 0) is 14.3 Å². The summed E-state index contributed by atoms with van der Waals surface area (Å²) in [7, 11) is 0. The Morgan fingerprint density at radius 1 is 1.38 bits per heavy atom. The molecule has 0 unspecified atom stereocenters. The van der Waals surface area contributed by atoms with Gasteiger partial charge >= 0.3 is 11.9 Å². The molecule has 6 heteroatoms. The van der Waals surface area contributed by atoms with Gasteiger partial charge in [0.2, 0.25) is 0 Å². The minimum Gasteiger partial charge on any atom is -0.478 e. The number of esters is 1. The molecule has 0 amide bonds. The molecule has 2 aliphatic rings. The van der Waals surface area contributed by atoms with Gasteiger partial charge in [0.05, 0.1) is 6.10 Å². The molecule has 21 heavy (non-hydrogen) atoms. The number of carbonyl (C=O) groups excluding carboxylic acids is 1. The number of aliphatic hydroxyl groups is 2. The largest absolute Gasteiger partial charge is 0.478 e. The lowest BCUT2D eigenvalue weighted by molar-refractivity contribution is -0.156. The molecule has 1 aliphatic carbocycles. The Kier molecular flexibility index (Phi) is 3.50. The standard InChI is InChI=1S/C15H20O6/c1-9(6-11(17)18)4-5-15(20)13(2)7-10(16)8-14(15,3)21-12(13)19/h4-6,10,16,20H,7-8H2,1-3H3,(H,17,18)/b5-4+,9-6-/t10-,13-,14-,15-/m0/s1. The maximum absolute atomic E-state index is 12.1. The summed E-state index contributed by atoms with van der Waals surface area (Å²) in [5.41, 5.74) is -3.64. The van der Waals surface area contributed by atoms with Gasteiger partial charge in [-0.05, 0) is 38.8 Å². The van der Waals surface area contributed by atoms with Gasteiger partial charge in [0.1, 0.15) is 16.6 Å². The molecule has 1 saturated heterocycles. The minimum atomic E-state index is -1.59. The molecule has 0 aromatic carbocycles. The first-order valence-electron chi connectivity index (χ1n) is 6.78. The lowest BCUT2D eigenvalue weighted by Crippen LogP contribution is -2.61. The molecule has 1 aliphatic heterocycles. The number of hydrogen-bond acceptors (Lipinski definition) is 5. The predicted octanol–water partition coefficient (Wildman–Crippen LogP) is 0.781. The number of rotatable bonds is 3. The number of fused-ring (bicyclic) bond motifs is 2. The molecule has 0 aromatic rings. The van der Waals surface area contributed by atoms with Gasteiger partial charge in [-0.2, -0.15) is 0 Å². The summed E-state index contributed by atoms with van der Waals surface area (Å²) < 4.78 is 5.34. The van der Waals surface area contributed by atoms with Gasteiger partial charge in [-0.3, -0.25) is 4.79 Å². The van der Waals surface area contributed by atoms with E-state index in [1.165, 1.54) is 12.2 Å². The zero-order chi connectivity index (χ0) is 16.1. The van der Waals surface area contributed by atoms with E-state index in [0.29, 0.717) is 5.57 Å². The van der Waals surface area contributed by atoms with Crippen molar-refractivity contribution in [2.24, 2.45) is 5.41 Å². The summed E-state index contributed by atoms with van der Waals surface area (Å²) in [6, 6.07) is 0. The Hall–Kier alpha value is -1.66. The van der Waals surface area contributed by atoms with Crippen LogP contribution >= 0.6 is 0 Å². The van der Waals surface area contributed by atoms with Gasteiger partial charge in [0.15, 0.2) is 0 Å². The van der Waals surface area contributed by atoms with E-state index in [4.69, 9.17) is 9.84 Å². The number of carboxylic acids is 1. The Morgan fingerprint density at radius 3 is 2.52 bits per heavy atom. The second kappa shape index (κ2) is 4.68. The van der Waals surface area contributed by atoms with Crippen LogP contribution in [0.15, 0.2) is 23.8 Å². The van der Waals surface area contributed by atoms with Crippen LogP contribution in [0.5, 0.6) is 0 Å². The molecule has 0 spiro atoms. The molecular formula is C15H20O6. The highest BCUT2D eigenvalue weighted by Crippen LogP contribution is 2.58. The maximum atomic E-state index is 12.1. The molecule has 1 saturated carbocycles. The third-order valence-electron chi connectivity index (χ3n) is 4.62.